The van der Waals surface area contributed by atoms with Crippen molar-refractivity contribution in [3.8, 4) is 0 Å². The molecule has 2 unspecified atom stereocenters. The lowest BCUT2D eigenvalue weighted by atomic mass is 9.88. The number of hydrogen-bond acceptors (Lipinski definition) is 2. The Morgan fingerprint density at radius 2 is 1.95 bits per heavy atom. The van der Waals surface area contributed by atoms with Crippen LogP contribution in [0.25, 0.3) is 0 Å². The third-order valence-electron chi connectivity index (χ3n) is 4.69. The van der Waals surface area contributed by atoms with Crippen LogP contribution in [0.1, 0.15) is 57.4 Å². The molecule has 0 bridgehead atoms. The van der Waals surface area contributed by atoms with Crippen molar-refractivity contribution in [2.24, 2.45) is 5.92 Å². The quantitative estimate of drug-likeness (QED) is 0.909. The second-order valence-electron chi connectivity index (χ2n) is 5.96. The van der Waals surface area contributed by atoms with E-state index < -0.39 is 0 Å². The lowest BCUT2D eigenvalue weighted by molar-refractivity contribution is -0.126. The number of carbonyl (C=O) groups excluding carboxylic acids is 1. The largest absolute Gasteiger partial charge is 0.351 e. The molecule has 0 aromatic carbocycles. The molecule has 1 N–H and O–H groups in total. The normalized spacial score (nSPS) is 28.4. The van der Waals surface area contributed by atoms with Crippen LogP contribution in [0.15, 0.2) is 18.7 Å². The van der Waals surface area contributed by atoms with E-state index in [4.69, 9.17) is 0 Å². The fraction of sp³-hybridized carbons (Fsp3) is 0.733. The number of aromatic nitrogens is 2. The summed E-state index contributed by atoms with van der Waals surface area (Å²) in [6, 6.07) is 0.693. The second kappa shape index (κ2) is 5.76. The van der Waals surface area contributed by atoms with Crippen LogP contribution in [0.2, 0.25) is 0 Å². The average molecular weight is 261 g/mol. The molecule has 0 aliphatic heterocycles. The van der Waals surface area contributed by atoms with E-state index in [1.54, 1.807) is 0 Å². The first-order valence-electron chi connectivity index (χ1n) is 7.62. The fourth-order valence-corrected chi connectivity index (χ4v) is 3.60. The Morgan fingerprint density at radius 1 is 1.11 bits per heavy atom. The molecule has 2 fully saturated rings. The van der Waals surface area contributed by atoms with Gasteiger partial charge in [0.1, 0.15) is 0 Å². The molecule has 2 aliphatic carbocycles. The number of nitrogens with zero attached hydrogens (tertiary/aromatic N) is 2. The van der Waals surface area contributed by atoms with Crippen molar-refractivity contribution in [3.63, 3.8) is 0 Å². The van der Waals surface area contributed by atoms with E-state index in [1.807, 2.05) is 18.7 Å². The van der Waals surface area contributed by atoms with Crippen molar-refractivity contribution in [2.45, 2.75) is 63.5 Å². The first-order chi connectivity index (χ1) is 9.34. The minimum absolute atomic E-state index is 0.262. The highest BCUT2D eigenvalue weighted by molar-refractivity contribution is 5.79. The van der Waals surface area contributed by atoms with Gasteiger partial charge in [-0.05, 0) is 32.1 Å². The van der Waals surface area contributed by atoms with Crippen molar-refractivity contribution >= 4 is 5.91 Å². The summed E-state index contributed by atoms with van der Waals surface area (Å²) in [6.45, 7) is 0. The monoisotopic (exact) mass is 261 g/mol. The smallest absolute Gasteiger partial charge is 0.223 e. The van der Waals surface area contributed by atoms with Crippen LogP contribution in [0, 0.1) is 5.92 Å². The molecule has 1 aromatic heterocycles. The standard InChI is InChI=1S/C15H23N3O/c19-15(12-5-2-1-3-6-12)17-13-7-4-8-14(13)18-10-9-16-11-18/h9-14H,1-8H2,(H,17,19). The van der Waals surface area contributed by atoms with Crippen LogP contribution in [0.4, 0.5) is 0 Å². The Labute approximate surface area is 114 Å². The molecule has 0 radical (unpaired) electrons. The lowest BCUT2D eigenvalue weighted by Gasteiger charge is -2.26. The third-order valence-corrected chi connectivity index (χ3v) is 4.69. The highest BCUT2D eigenvalue weighted by Gasteiger charge is 2.31. The van der Waals surface area contributed by atoms with E-state index in [9.17, 15) is 4.79 Å². The molecular weight excluding hydrogens is 238 g/mol. The number of carbonyl (C=O) groups is 1. The summed E-state index contributed by atoms with van der Waals surface area (Å²) in [5, 5.41) is 3.30. The summed E-state index contributed by atoms with van der Waals surface area (Å²) < 4.78 is 2.15. The van der Waals surface area contributed by atoms with Gasteiger partial charge < -0.3 is 9.88 Å². The van der Waals surface area contributed by atoms with Crippen LogP contribution in [-0.4, -0.2) is 21.5 Å². The molecule has 2 atom stereocenters. The van der Waals surface area contributed by atoms with Crippen molar-refractivity contribution in [3.05, 3.63) is 18.7 Å². The minimum atomic E-state index is 0.262. The van der Waals surface area contributed by atoms with E-state index in [2.05, 4.69) is 14.9 Å². The van der Waals surface area contributed by atoms with Crippen LogP contribution < -0.4 is 5.32 Å². The van der Waals surface area contributed by atoms with Gasteiger partial charge in [0.05, 0.1) is 12.4 Å². The highest BCUT2D eigenvalue weighted by atomic mass is 16.1. The van der Waals surface area contributed by atoms with Gasteiger partial charge in [-0.3, -0.25) is 4.79 Å². The fourth-order valence-electron chi connectivity index (χ4n) is 3.60. The van der Waals surface area contributed by atoms with Crippen LogP contribution in [0.5, 0.6) is 0 Å². The van der Waals surface area contributed by atoms with Gasteiger partial charge in [0, 0.05) is 24.4 Å². The maximum atomic E-state index is 12.3. The molecule has 3 rings (SSSR count). The Bertz CT molecular complexity index is 409. The number of rotatable bonds is 3. The highest BCUT2D eigenvalue weighted by Crippen LogP contribution is 2.31. The lowest BCUT2D eigenvalue weighted by Crippen LogP contribution is -2.41. The van der Waals surface area contributed by atoms with Crippen LogP contribution in [-0.2, 0) is 4.79 Å². The third kappa shape index (κ3) is 2.82. The Balaban J connectivity index is 1.60. The van der Waals surface area contributed by atoms with Crippen LogP contribution >= 0.6 is 0 Å². The van der Waals surface area contributed by atoms with Gasteiger partial charge >= 0.3 is 0 Å². The summed E-state index contributed by atoms with van der Waals surface area (Å²) in [5.74, 6) is 0.550. The molecule has 4 nitrogen and oxygen atoms in total. The van der Waals surface area contributed by atoms with Crippen molar-refractivity contribution in [1.82, 2.24) is 14.9 Å². The van der Waals surface area contributed by atoms with E-state index in [0.29, 0.717) is 12.1 Å². The minimum Gasteiger partial charge on any atom is -0.351 e. The molecule has 2 aliphatic rings. The van der Waals surface area contributed by atoms with Gasteiger partial charge in [-0.15, -0.1) is 0 Å². The van der Waals surface area contributed by atoms with E-state index in [0.717, 1.165) is 25.7 Å². The molecule has 1 aromatic rings. The SMILES string of the molecule is O=C(NC1CCCC1n1ccnc1)C1CCCCC1. The molecule has 0 saturated heterocycles. The summed E-state index contributed by atoms with van der Waals surface area (Å²) in [7, 11) is 0. The van der Waals surface area contributed by atoms with E-state index >= 15 is 0 Å². The van der Waals surface area contributed by atoms with Gasteiger partial charge in [0.2, 0.25) is 5.91 Å². The molecule has 1 amide bonds. The predicted molar refractivity (Wildman–Crippen MR) is 73.6 cm³/mol. The Hall–Kier alpha value is -1.32. The van der Waals surface area contributed by atoms with Gasteiger partial charge in [-0.2, -0.15) is 0 Å². The zero-order valence-electron chi connectivity index (χ0n) is 11.4. The van der Waals surface area contributed by atoms with E-state index in [1.165, 1.54) is 25.7 Å². The van der Waals surface area contributed by atoms with Crippen molar-refractivity contribution in [1.29, 1.82) is 0 Å². The van der Waals surface area contributed by atoms with Gasteiger partial charge in [0.25, 0.3) is 0 Å². The molecule has 4 heteroatoms. The Kier molecular flexibility index (Phi) is 3.85. The number of nitrogens with one attached hydrogen (secondary N) is 1. The summed E-state index contributed by atoms with van der Waals surface area (Å²) >= 11 is 0. The van der Waals surface area contributed by atoms with Crippen LogP contribution in [0.3, 0.4) is 0 Å². The molecule has 2 saturated carbocycles. The summed E-state index contributed by atoms with van der Waals surface area (Å²) in [4.78, 5) is 16.5. The topological polar surface area (TPSA) is 46.9 Å². The maximum absolute atomic E-state index is 12.3. The molecule has 0 spiro atoms. The molecule has 1 heterocycles. The summed E-state index contributed by atoms with van der Waals surface area (Å²) in [6.07, 6.45) is 15.0. The second-order valence-corrected chi connectivity index (χ2v) is 5.96. The van der Waals surface area contributed by atoms with E-state index in [-0.39, 0.29) is 11.8 Å². The number of hydrogen-bond donors (Lipinski definition) is 1. The van der Waals surface area contributed by atoms with Gasteiger partial charge in [-0.25, -0.2) is 4.98 Å². The number of imidazole rings is 1. The first kappa shape index (κ1) is 12.7. The first-order valence-corrected chi connectivity index (χ1v) is 7.62. The van der Waals surface area contributed by atoms with Crippen molar-refractivity contribution in [2.75, 3.05) is 0 Å². The van der Waals surface area contributed by atoms with Gasteiger partial charge in [0.15, 0.2) is 0 Å². The molecule has 104 valence electrons. The zero-order chi connectivity index (χ0) is 13.1. The van der Waals surface area contributed by atoms with Crippen molar-refractivity contribution < 1.29 is 4.79 Å². The maximum Gasteiger partial charge on any atom is 0.223 e. The average Bonchev–Trinajstić information content (AvgIpc) is 3.10. The predicted octanol–water partition coefficient (Wildman–Crippen LogP) is 2.67. The zero-order valence-corrected chi connectivity index (χ0v) is 11.4. The summed E-state index contributed by atoms with van der Waals surface area (Å²) in [5.41, 5.74) is 0. The number of amides is 1. The van der Waals surface area contributed by atoms with Gasteiger partial charge in [-0.1, -0.05) is 19.3 Å². The molecule has 19 heavy (non-hydrogen) atoms. The Morgan fingerprint density at radius 3 is 2.68 bits per heavy atom. The molecular formula is C15H23N3O.